The summed E-state index contributed by atoms with van der Waals surface area (Å²) in [7, 11) is 0. The molecule has 3 atom stereocenters. The van der Waals surface area contributed by atoms with Crippen molar-refractivity contribution in [1.29, 1.82) is 5.41 Å². The van der Waals surface area contributed by atoms with E-state index in [-0.39, 0.29) is 23.8 Å². The average Bonchev–Trinajstić information content (AvgIpc) is 3.43. The molecule has 2 amide bonds. The number of rotatable bonds is 12. The molecule has 0 radical (unpaired) electrons. The van der Waals surface area contributed by atoms with Crippen LogP contribution in [0.2, 0.25) is 0 Å². The minimum Gasteiger partial charge on any atom is -0.361 e. The lowest BCUT2D eigenvalue weighted by atomic mass is 9.72. The Morgan fingerprint density at radius 2 is 1.55 bits per heavy atom. The van der Waals surface area contributed by atoms with Crippen molar-refractivity contribution in [3.63, 3.8) is 0 Å². The molecule has 2 heterocycles. The van der Waals surface area contributed by atoms with Crippen LogP contribution in [-0.4, -0.2) is 40.7 Å². The molecule has 2 saturated carbocycles. The van der Waals surface area contributed by atoms with Gasteiger partial charge in [-0.25, -0.2) is 4.79 Å². The third-order valence-electron chi connectivity index (χ3n) is 10.4. The highest BCUT2D eigenvalue weighted by atomic mass is 16.2. The van der Waals surface area contributed by atoms with Gasteiger partial charge in [-0.15, -0.1) is 0 Å². The molecular weight excluding hydrogens is 496 g/mol. The number of amides is 2. The van der Waals surface area contributed by atoms with Gasteiger partial charge in [0.15, 0.2) is 5.78 Å². The van der Waals surface area contributed by atoms with E-state index < -0.39 is 5.54 Å². The number of urea groups is 1. The van der Waals surface area contributed by atoms with Crippen LogP contribution >= 0.6 is 0 Å². The normalized spacial score (nSPS) is 28.2. The summed E-state index contributed by atoms with van der Waals surface area (Å²) < 4.78 is 0. The molecule has 2 aliphatic carbocycles. The number of carbonyl (C=O) groups excluding carboxylic acids is 2. The number of ketones is 1. The molecule has 40 heavy (non-hydrogen) atoms. The molecule has 1 unspecified atom stereocenters. The largest absolute Gasteiger partial charge is 0.361 e. The molecule has 220 valence electrons. The summed E-state index contributed by atoms with van der Waals surface area (Å²) in [6.07, 6.45) is 19.8. The predicted molar refractivity (Wildman–Crippen MR) is 161 cm³/mol. The second kappa shape index (κ2) is 13.5. The Balaban J connectivity index is 1.22. The zero-order chi connectivity index (χ0) is 28.0. The second-order valence-corrected chi connectivity index (χ2v) is 13.5. The smallest absolute Gasteiger partial charge is 0.318 e. The van der Waals surface area contributed by atoms with Gasteiger partial charge < -0.3 is 15.5 Å². The molecule has 0 spiro atoms. The first-order valence-corrected chi connectivity index (χ1v) is 16.5. The van der Waals surface area contributed by atoms with E-state index >= 15 is 0 Å². The quantitative estimate of drug-likeness (QED) is 0.259. The summed E-state index contributed by atoms with van der Waals surface area (Å²) in [6.45, 7) is 3.56. The van der Waals surface area contributed by atoms with Crippen molar-refractivity contribution in [2.24, 2.45) is 17.8 Å². The molecule has 4 fully saturated rings. The Morgan fingerprint density at radius 3 is 2.23 bits per heavy atom. The summed E-state index contributed by atoms with van der Waals surface area (Å²) in [6, 6.07) is 8.67. The first-order valence-electron chi connectivity index (χ1n) is 16.5. The first-order chi connectivity index (χ1) is 19.5. The van der Waals surface area contributed by atoms with Gasteiger partial charge in [-0.1, -0.05) is 108 Å². The molecule has 6 heteroatoms. The summed E-state index contributed by atoms with van der Waals surface area (Å²) in [5.74, 6) is 1.68. The Morgan fingerprint density at radius 1 is 0.900 bits per heavy atom. The van der Waals surface area contributed by atoms with Crippen molar-refractivity contribution in [2.45, 2.75) is 134 Å². The second-order valence-electron chi connectivity index (χ2n) is 13.5. The van der Waals surface area contributed by atoms with Crippen molar-refractivity contribution in [2.75, 3.05) is 6.54 Å². The van der Waals surface area contributed by atoms with E-state index in [1.165, 1.54) is 64.2 Å². The number of Topliss-reactive ketones (excluding diaryl/α,β-unsaturated/α-hetero) is 1. The van der Waals surface area contributed by atoms with Gasteiger partial charge in [0.2, 0.25) is 0 Å². The van der Waals surface area contributed by atoms with E-state index in [4.69, 9.17) is 5.41 Å². The van der Waals surface area contributed by atoms with E-state index in [1.807, 2.05) is 4.90 Å². The highest BCUT2D eigenvalue weighted by molar-refractivity contribution is 6.14. The van der Waals surface area contributed by atoms with Crippen LogP contribution in [0.5, 0.6) is 0 Å². The molecule has 1 aromatic rings. The fraction of sp³-hybridized carbons (Fsp3) is 0.735. The zero-order valence-electron chi connectivity index (χ0n) is 24.8. The van der Waals surface area contributed by atoms with Crippen LogP contribution in [0.15, 0.2) is 24.3 Å². The van der Waals surface area contributed by atoms with Crippen molar-refractivity contribution < 1.29 is 9.59 Å². The number of amidine groups is 1. The highest BCUT2D eigenvalue weighted by Crippen LogP contribution is 2.40. The average molecular weight is 549 g/mol. The zero-order valence-corrected chi connectivity index (χ0v) is 24.8. The van der Waals surface area contributed by atoms with Crippen molar-refractivity contribution in [3.05, 3.63) is 35.4 Å². The lowest BCUT2D eigenvalue weighted by Crippen LogP contribution is -2.48. The van der Waals surface area contributed by atoms with Crippen LogP contribution < -0.4 is 10.6 Å². The number of nitrogens with one attached hydrogen (secondary N) is 3. The Labute approximate surface area is 241 Å². The lowest BCUT2D eigenvalue weighted by Gasteiger charge is -2.35. The third-order valence-corrected chi connectivity index (χ3v) is 10.4. The number of benzene rings is 1. The molecule has 1 aromatic carbocycles. The third kappa shape index (κ3) is 7.09. The minimum atomic E-state index is -0.543. The Bertz CT molecular complexity index is 1010. The Hall–Kier alpha value is -2.37. The van der Waals surface area contributed by atoms with E-state index in [1.54, 1.807) is 0 Å². The molecule has 4 aliphatic rings. The highest BCUT2D eigenvalue weighted by Gasteiger charge is 2.51. The van der Waals surface area contributed by atoms with Gasteiger partial charge in [0.25, 0.3) is 0 Å². The number of hydrogen-bond acceptors (Lipinski definition) is 3. The fourth-order valence-electron chi connectivity index (χ4n) is 7.96. The van der Waals surface area contributed by atoms with Crippen molar-refractivity contribution in [1.82, 2.24) is 15.5 Å². The van der Waals surface area contributed by atoms with Gasteiger partial charge in [-0.2, -0.15) is 0 Å². The van der Waals surface area contributed by atoms with Crippen LogP contribution in [0, 0.1) is 23.2 Å². The first kappa shape index (κ1) is 29.1. The van der Waals surface area contributed by atoms with E-state index in [2.05, 4.69) is 41.8 Å². The number of nitrogens with zero attached hydrogens (tertiary/aromatic N) is 1. The van der Waals surface area contributed by atoms with Crippen molar-refractivity contribution in [3.8, 4) is 0 Å². The van der Waals surface area contributed by atoms with Crippen LogP contribution in [0.25, 0.3) is 0 Å². The minimum absolute atomic E-state index is 0.0313. The summed E-state index contributed by atoms with van der Waals surface area (Å²) in [4.78, 5) is 28.5. The van der Waals surface area contributed by atoms with Crippen LogP contribution in [0.4, 0.5) is 4.79 Å². The van der Waals surface area contributed by atoms with Crippen molar-refractivity contribution >= 4 is 17.6 Å². The lowest BCUT2D eigenvalue weighted by molar-refractivity contribution is -0.126. The van der Waals surface area contributed by atoms with Gasteiger partial charge in [0.1, 0.15) is 5.84 Å². The van der Waals surface area contributed by atoms with Gasteiger partial charge >= 0.3 is 6.03 Å². The molecular formula is C34H52N4O2. The number of unbranched alkanes of at least 4 members (excludes halogenated alkanes) is 1. The van der Waals surface area contributed by atoms with Crippen LogP contribution in [0.3, 0.4) is 0 Å². The van der Waals surface area contributed by atoms with Crippen LogP contribution in [-0.2, 0) is 17.8 Å². The van der Waals surface area contributed by atoms with Gasteiger partial charge in [-0.05, 0) is 55.1 Å². The molecule has 5 rings (SSSR count). The fourth-order valence-corrected chi connectivity index (χ4v) is 7.96. The molecule has 6 nitrogen and oxygen atoms in total. The van der Waals surface area contributed by atoms with Crippen LogP contribution in [0.1, 0.15) is 121 Å². The van der Waals surface area contributed by atoms with Gasteiger partial charge in [0, 0.05) is 19.1 Å². The van der Waals surface area contributed by atoms with E-state index in [0.717, 1.165) is 62.1 Å². The van der Waals surface area contributed by atoms with E-state index in [9.17, 15) is 9.59 Å². The summed E-state index contributed by atoms with van der Waals surface area (Å²) in [5.41, 5.74) is 1.67. The monoisotopic (exact) mass is 548 g/mol. The topological polar surface area (TPSA) is 85.3 Å². The molecule has 2 aliphatic heterocycles. The van der Waals surface area contributed by atoms with E-state index in [0.29, 0.717) is 24.7 Å². The maximum absolute atomic E-state index is 14.2. The maximum atomic E-state index is 14.2. The Kier molecular flexibility index (Phi) is 9.85. The van der Waals surface area contributed by atoms with Gasteiger partial charge in [0.05, 0.1) is 11.5 Å². The standard InChI is InChI=1S/C34H52N4O2/c1-2-3-14-29-24-38(33(40)36-29)23-28-17-15-26(16-18-28)21-30-31(39)34(37-32(30)35,22-27-12-8-5-9-13-27)20-19-25-10-6-4-7-11-25/h15-18,25,27,29-30H,2-14,19-24H2,1H3,(H2,35,37)(H,36,40)/t29-,30?,34+/m0/s1. The molecule has 2 saturated heterocycles. The summed E-state index contributed by atoms with van der Waals surface area (Å²) >= 11 is 0. The molecule has 3 N–H and O–H groups in total. The summed E-state index contributed by atoms with van der Waals surface area (Å²) in [5, 5.41) is 15.5. The molecule has 0 bridgehead atoms. The number of hydrogen-bond donors (Lipinski definition) is 3. The number of carbonyl (C=O) groups is 2. The maximum Gasteiger partial charge on any atom is 0.318 e. The molecule has 0 aromatic heterocycles. The predicted octanol–water partition coefficient (Wildman–Crippen LogP) is 7.15. The van der Waals surface area contributed by atoms with Gasteiger partial charge in [-0.3, -0.25) is 10.2 Å². The SMILES string of the molecule is CCCC[C@H]1CN(Cc2ccc(CC3C(=N)N[C@](CCC4CCCCC4)(CC4CCCCC4)C3=O)cc2)C(=O)N1.